The Morgan fingerprint density at radius 2 is 0.755 bits per heavy atom. The molecule has 11 heteroatoms. The van der Waals surface area contributed by atoms with Crippen LogP contribution in [0.4, 0.5) is 0 Å². The molecule has 0 aliphatic heterocycles. The van der Waals surface area contributed by atoms with Crippen molar-refractivity contribution in [2.24, 2.45) is 0 Å². The normalized spacial score (nSPS) is 15.1. The van der Waals surface area contributed by atoms with Crippen LogP contribution in [0.2, 0.25) is 0 Å². The van der Waals surface area contributed by atoms with Crippen LogP contribution in [0, 0.1) is 0 Å². The third-order valence-electron chi connectivity index (χ3n) is 10.2. The molecule has 0 aliphatic rings. The van der Waals surface area contributed by atoms with Gasteiger partial charge in [0.25, 0.3) is 7.82 Å². The fourth-order valence-electron chi connectivity index (χ4n) is 6.56. The van der Waals surface area contributed by atoms with Crippen molar-refractivity contribution in [3.63, 3.8) is 0 Å². The Morgan fingerprint density at radius 1 is 0.472 bits per heavy atom. The van der Waals surface area contributed by atoms with Crippen LogP contribution in [0.1, 0.15) is 193 Å². The molecule has 0 aromatic heterocycles. The van der Waals surface area contributed by atoms with Crippen LogP contribution in [0.25, 0.3) is 0 Å². The second-order valence-electron chi connectivity index (χ2n) is 16.6. The number of hydrogen-bond donors (Lipinski definition) is 4. The van der Waals surface area contributed by atoms with E-state index in [0.29, 0.717) is 17.6 Å². The Balaban J connectivity index is 3.20. The predicted octanol–water partition coefficient (Wildman–Crippen LogP) is 8.99. The monoisotopic (exact) mass is 782 g/mol. The minimum atomic E-state index is -4.16. The lowest BCUT2D eigenvalue weighted by Gasteiger charge is -2.27. The van der Waals surface area contributed by atoms with Gasteiger partial charge >= 0.3 is 0 Å². The lowest BCUT2D eigenvalue weighted by molar-refractivity contribution is -0.870. The van der Waals surface area contributed by atoms with Crippen molar-refractivity contribution in [1.82, 2.24) is 0 Å². The van der Waals surface area contributed by atoms with E-state index in [1.54, 1.807) is 0 Å². The van der Waals surface area contributed by atoms with Gasteiger partial charge in [-0.05, 0) is 12.8 Å². The van der Waals surface area contributed by atoms with E-state index in [-0.39, 0.29) is 19.8 Å². The quantitative estimate of drug-likeness (QED) is 0.0270. The van der Waals surface area contributed by atoms with Crippen molar-refractivity contribution in [2.45, 2.75) is 211 Å². The van der Waals surface area contributed by atoms with Gasteiger partial charge in [-0.2, -0.15) is 0 Å². The van der Waals surface area contributed by atoms with Gasteiger partial charge in [-0.15, -0.1) is 0 Å². The SMILES string of the molecule is C[N+](C)(C)CCOP(=O)([O-])OCCCCCCCCCCCCCCCCCCCCCCCCCCCCCCCCOC[C@@H](O)[C@H](O)[C@H](O)CO. The van der Waals surface area contributed by atoms with Gasteiger partial charge in [-0.1, -0.05) is 180 Å². The molecule has 4 N–H and O–H groups in total. The Morgan fingerprint density at radius 3 is 1.06 bits per heavy atom. The zero-order valence-corrected chi connectivity index (χ0v) is 35.8. The average molecular weight is 782 g/mol. The first-order valence-electron chi connectivity index (χ1n) is 22.1. The van der Waals surface area contributed by atoms with Gasteiger partial charge in [0.15, 0.2) is 0 Å². The molecule has 0 fully saturated rings. The number of hydrogen-bond acceptors (Lipinski definition) is 9. The largest absolute Gasteiger partial charge is 0.756 e. The molecular formula is C42H88NO9P. The van der Waals surface area contributed by atoms with Crippen molar-refractivity contribution in [1.29, 1.82) is 0 Å². The lowest BCUT2D eigenvalue weighted by Crippen LogP contribution is -2.41. The highest BCUT2D eigenvalue weighted by Gasteiger charge is 2.24. The third kappa shape index (κ3) is 39.9. The summed E-state index contributed by atoms with van der Waals surface area (Å²) in [5.74, 6) is 0. The summed E-state index contributed by atoms with van der Waals surface area (Å²) in [6.45, 7) is 0.944. The minimum Gasteiger partial charge on any atom is -0.756 e. The first-order chi connectivity index (χ1) is 25.5. The summed E-state index contributed by atoms with van der Waals surface area (Å²) in [6, 6.07) is 0. The number of aliphatic hydroxyl groups is 4. The van der Waals surface area contributed by atoms with E-state index < -0.39 is 32.7 Å². The number of rotatable bonds is 43. The molecule has 0 saturated carbocycles. The molecule has 0 aliphatic carbocycles. The smallest absolute Gasteiger partial charge is 0.268 e. The molecule has 0 aromatic carbocycles. The van der Waals surface area contributed by atoms with Crippen LogP contribution in [0.3, 0.4) is 0 Å². The number of phosphoric acid groups is 1. The Hall–Kier alpha value is -0.130. The van der Waals surface area contributed by atoms with Crippen molar-refractivity contribution in [2.75, 3.05) is 60.7 Å². The van der Waals surface area contributed by atoms with E-state index in [2.05, 4.69) is 0 Å². The summed E-state index contributed by atoms with van der Waals surface area (Å²) in [4.78, 5) is 11.8. The van der Waals surface area contributed by atoms with E-state index in [4.69, 9.17) is 18.9 Å². The second kappa shape index (κ2) is 37.4. The maximum absolute atomic E-state index is 11.8. The summed E-state index contributed by atoms with van der Waals surface area (Å²) in [5.41, 5.74) is 0. The van der Waals surface area contributed by atoms with E-state index in [1.165, 1.54) is 161 Å². The molecule has 0 saturated heterocycles. The molecule has 0 radical (unpaired) electrons. The van der Waals surface area contributed by atoms with Crippen LogP contribution in [-0.4, -0.2) is 104 Å². The lowest BCUT2D eigenvalue weighted by atomic mass is 10.0. The number of nitrogens with zero attached hydrogens (tertiary/aromatic N) is 1. The molecule has 0 spiro atoms. The van der Waals surface area contributed by atoms with Crippen LogP contribution in [-0.2, 0) is 18.3 Å². The van der Waals surface area contributed by atoms with Gasteiger partial charge in [0.2, 0.25) is 0 Å². The topological polar surface area (TPSA) is 149 Å². The highest BCUT2D eigenvalue weighted by molar-refractivity contribution is 7.45. The summed E-state index contributed by atoms with van der Waals surface area (Å²) in [6.07, 6.45) is 35.1. The number of aliphatic hydroxyl groups excluding tert-OH is 4. The highest BCUT2D eigenvalue weighted by Crippen LogP contribution is 2.38. The van der Waals surface area contributed by atoms with Crippen molar-refractivity contribution >= 4 is 7.82 Å². The van der Waals surface area contributed by atoms with E-state index in [1.807, 2.05) is 21.1 Å². The second-order valence-corrected chi connectivity index (χ2v) is 18.0. The van der Waals surface area contributed by atoms with Gasteiger partial charge in [-0.3, -0.25) is 4.57 Å². The Kier molecular flexibility index (Phi) is 37.4. The van der Waals surface area contributed by atoms with Gasteiger partial charge in [0, 0.05) is 6.61 Å². The van der Waals surface area contributed by atoms with Gasteiger partial charge in [0.1, 0.15) is 31.5 Å². The van der Waals surface area contributed by atoms with Crippen molar-refractivity contribution < 1.29 is 48.2 Å². The zero-order valence-electron chi connectivity index (χ0n) is 34.9. The van der Waals surface area contributed by atoms with Crippen molar-refractivity contribution in [3.05, 3.63) is 0 Å². The van der Waals surface area contributed by atoms with Crippen LogP contribution in [0.15, 0.2) is 0 Å². The molecule has 0 aromatic rings. The molecule has 10 nitrogen and oxygen atoms in total. The van der Waals surface area contributed by atoms with Gasteiger partial charge < -0.3 is 43.6 Å². The number of unbranched alkanes of at least 4 members (excludes halogenated alkanes) is 29. The molecular weight excluding hydrogens is 693 g/mol. The maximum Gasteiger partial charge on any atom is 0.268 e. The van der Waals surface area contributed by atoms with Crippen LogP contribution < -0.4 is 4.89 Å². The summed E-state index contributed by atoms with van der Waals surface area (Å²) >= 11 is 0. The summed E-state index contributed by atoms with van der Waals surface area (Å²) in [7, 11) is 1.83. The number of phosphoric ester groups is 1. The number of ether oxygens (including phenoxy) is 1. The first kappa shape index (κ1) is 52.9. The molecule has 0 bridgehead atoms. The molecule has 4 atom stereocenters. The Labute approximate surface area is 327 Å². The predicted molar refractivity (Wildman–Crippen MR) is 217 cm³/mol. The van der Waals surface area contributed by atoms with Gasteiger partial charge in [0.05, 0.1) is 41.0 Å². The van der Waals surface area contributed by atoms with E-state index in [0.717, 1.165) is 32.1 Å². The number of quaternary nitrogens is 1. The molecule has 0 rings (SSSR count). The molecule has 0 amide bonds. The maximum atomic E-state index is 11.8. The number of likely N-dealkylation sites (N-methyl/N-ethyl adjacent to an activating group) is 1. The molecule has 0 heterocycles. The zero-order chi connectivity index (χ0) is 39.3. The minimum absolute atomic E-state index is 0.0271. The standard InChI is InChI=1S/C42H88NO9P/c1-43(2,3)34-37-52-53(48,49)51-36-33-31-29-27-25-23-21-19-17-15-13-11-9-7-5-4-6-8-10-12-14-16-18-20-22-24-26-28-30-32-35-50-39-41(46)42(47)40(45)38-44/h40-42,44-47H,4-39H2,1-3H3/t40-,41-,42-/m1/s1. The highest BCUT2D eigenvalue weighted by atomic mass is 31.2. The molecule has 53 heavy (non-hydrogen) atoms. The van der Waals surface area contributed by atoms with Crippen LogP contribution in [0.5, 0.6) is 0 Å². The average Bonchev–Trinajstić information content (AvgIpc) is 3.11. The van der Waals surface area contributed by atoms with Gasteiger partial charge in [-0.25, -0.2) is 0 Å². The van der Waals surface area contributed by atoms with Crippen LogP contribution >= 0.6 is 7.82 Å². The molecule has 1 unspecified atom stereocenters. The van der Waals surface area contributed by atoms with E-state index >= 15 is 0 Å². The third-order valence-corrected chi connectivity index (χ3v) is 11.2. The van der Waals surface area contributed by atoms with Crippen molar-refractivity contribution in [3.8, 4) is 0 Å². The Bertz CT molecular complexity index is 801. The summed E-state index contributed by atoms with van der Waals surface area (Å²) < 4.78 is 27.7. The van der Waals surface area contributed by atoms with E-state index in [9.17, 15) is 24.8 Å². The summed E-state index contributed by atoms with van der Waals surface area (Å²) in [5, 5.41) is 37.4. The fourth-order valence-corrected chi connectivity index (χ4v) is 7.30. The first-order valence-corrected chi connectivity index (χ1v) is 23.6. The molecule has 320 valence electrons. The fraction of sp³-hybridized carbons (Fsp3) is 1.00.